The molecule has 0 spiro atoms. The van der Waals surface area contributed by atoms with Crippen molar-refractivity contribution in [2.45, 2.75) is 258 Å². The first-order chi connectivity index (χ1) is 31.9. The number of nitrogens with zero attached hydrogens (tertiary/aromatic N) is 1. The number of phosphoric ester groups is 1. The van der Waals surface area contributed by atoms with E-state index in [0.29, 0.717) is 23.9 Å². The molecule has 0 aromatic carbocycles. The molecule has 9 nitrogen and oxygen atoms in total. The van der Waals surface area contributed by atoms with Crippen LogP contribution in [0.15, 0.2) is 48.6 Å². The van der Waals surface area contributed by atoms with Gasteiger partial charge in [0.15, 0.2) is 0 Å². The zero-order valence-electron chi connectivity index (χ0n) is 43.9. The molecule has 0 aliphatic heterocycles. The molecule has 0 saturated carbocycles. The van der Waals surface area contributed by atoms with Gasteiger partial charge in [0, 0.05) is 12.8 Å². The van der Waals surface area contributed by atoms with Crippen molar-refractivity contribution >= 4 is 19.7 Å². The highest BCUT2D eigenvalue weighted by molar-refractivity contribution is 7.45. The minimum Gasteiger partial charge on any atom is -0.756 e. The molecule has 0 rings (SSSR count). The van der Waals surface area contributed by atoms with Crippen molar-refractivity contribution in [2.75, 3.05) is 40.9 Å². The molecule has 1 amide bonds. The molecule has 0 bridgehead atoms. The fourth-order valence-corrected chi connectivity index (χ4v) is 8.49. The van der Waals surface area contributed by atoms with Crippen LogP contribution in [-0.2, 0) is 27.9 Å². The van der Waals surface area contributed by atoms with Crippen LogP contribution < -0.4 is 10.2 Å². The molecule has 3 unspecified atom stereocenters. The lowest BCUT2D eigenvalue weighted by molar-refractivity contribution is -0.870. The minimum atomic E-state index is -4.69. The molecular formula is C56H105N2O7P. The normalized spacial score (nSPS) is 14.2. The van der Waals surface area contributed by atoms with E-state index in [0.717, 1.165) is 83.5 Å². The number of hydrogen-bond donors (Lipinski definition) is 1. The minimum absolute atomic E-state index is 0.0253. The summed E-state index contributed by atoms with van der Waals surface area (Å²) in [7, 11) is 1.17. The second kappa shape index (κ2) is 46.7. The largest absolute Gasteiger partial charge is 0.756 e. The van der Waals surface area contributed by atoms with E-state index in [1.165, 1.54) is 122 Å². The maximum absolute atomic E-state index is 13.4. The first kappa shape index (κ1) is 64.0. The van der Waals surface area contributed by atoms with Crippen LogP contribution in [0.3, 0.4) is 0 Å². The number of rotatable bonds is 49. The first-order valence-electron chi connectivity index (χ1n) is 27.4. The Morgan fingerprint density at radius 2 is 0.970 bits per heavy atom. The molecule has 0 aliphatic rings. The molecule has 0 aliphatic carbocycles. The molecule has 0 aromatic heterocycles. The van der Waals surface area contributed by atoms with Crippen molar-refractivity contribution in [3.63, 3.8) is 0 Å². The number of carbonyl (C=O) groups excluding carboxylic acids is 2. The molecule has 10 heteroatoms. The van der Waals surface area contributed by atoms with Gasteiger partial charge in [-0.3, -0.25) is 14.2 Å². The van der Waals surface area contributed by atoms with Gasteiger partial charge in [-0.15, -0.1) is 0 Å². The standard InChI is InChI=1S/C56H105N2O7P/c1-7-10-13-16-19-22-25-28-31-34-37-40-43-46-49-56(60)65-54(47-44-41-38-35-32-29-26-23-20-17-14-11-8-2)53(52-64-66(61,62)63-51-50-58(4,5)6)57-55(59)48-45-42-39-36-33-30-27-24-21-18-15-12-9-3/h10,13,19,22,28,31,44,47,53-54H,7-9,11-12,14-18,20-21,23-27,29-30,32-43,45-46,48-52H2,1-6H3,(H-,57,59,61,62)/b13-10+,22-19+,31-28+,47-44+. The summed E-state index contributed by atoms with van der Waals surface area (Å²) in [5.74, 6) is -0.563. The van der Waals surface area contributed by atoms with Gasteiger partial charge >= 0.3 is 5.97 Å². The Morgan fingerprint density at radius 1 is 0.545 bits per heavy atom. The third-order valence-electron chi connectivity index (χ3n) is 12.0. The number of amides is 1. The number of unbranched alkanes of at least 4 members (excludes halogenated alkanes) is 27. The summed E-state index contributed by atoms with van der Waals surface area (Å²) < 4.78 is 30.2. The Kier molecular flexibility index (Phi) is 45.3. The highest BCUT2D eigenvalue weighted by Crippen LogP contribution is 2.38. The van der Waals surface area contributed by atoms with Crippen LogP contribution in [0, 0.1) is 0 Å². The number of quaternary nitrogens is 1. The second-order valence-corrected chi connectivity index (χ2v) is 21.1. The lowest BCUT2D eigenvalue weighted by Crippen LogP contribution is -2.47. The number of nitrogens with one attached hydrogen (secondary N) is 1. The van der Waals surface area contributed by atoms with Gasteiger partial charge in [0.05, 0.1) is 33.8 Å². The molecular weight excluding hydrogens is 844 g/mol. The molecule has 0 radical (unpaired) electrons. The quantitative estimate of drug-likeness (QED) is 0.0212. The number of phosphoric acid groups is 1. The summed E-state index contributed by atoms with van der Waals surface area (Å²) in [4.78, 5) is 39.7. The Morgan fingerprint density at radius 3 is 1.45 bits per heavy atom. The monoisotopic (exact) mass is 949 g/mol. The van der Waals surface area contributed by atoms with Crippen LogP contribution in [0.4, 0.5) is 0 Å². The van der Waals surface area contributed by atoms with Crippen molar-refractivity contribution in [1.29, 1.82) is 0 Å². The molecule has 0 heterocycles. The molecule has 1 N–H and O–H groups in total. The van der Waals surface area contributed by atoms with E-state index in [1.807, 2.05) is 33.3 Å². The molecule has 0 saturated heterocycles. The Labute approximate surface area is 408 Å². The fourth-order valence-electron chi connectivity index (χ4n) is 7.77. The van der Waals surface area contributed by atoms with Gasteiger partial charge in [0.2, 0.25) is 5.91 Å². The van der Waals surface area contributed by atoms with Crippen molar-refractivity contribution < 1.29 is 37.3 Å². The van der Waals surface area contributed by atoms with Gasteiger partial charge < -0.3 is 28.5 Å². The van der Waals surface area contributed by atoms with E-state index in [-0.39, 0.29) is 24.9 Å². The maximum atomic E-state index is 13.4. The molecule has 3 atom stereocenters. The molecule has 66 heavy (non-hydrogen) atoms. The Bertz CT molecular complexity index is 1280. The van der Waals surface area contributed by atoms with Gasteiger partial charge in [0.1, 0.15) is 19.3 Å². The summed E-state index contributed by atoms with van der Waals surface area (Å²) in [6.07, 6.45) is 55.0. The molecule has 0 aromatic rings. The summed E-state index contributed by atoms with van der Waals surface area (Å²) in [6.45, 7) is 6.71. The number of esters is 1. The topological polar surface area (TPSA) is 114 Å². The highest BCUT2D eigenvalue weighted by Gasteiger charge is 2.27. The van der Waals surface area contributed by atoms with E-state index < -0.39 is 26.6 Å². The SMILES string of the molecule is CC/C=C/C/C=C/C/C=C/CCCCCCC(=O)OC(/C=C/CCCCCCCCCCCCC)C(COP(=O)([O-])OCC[N+](C)(C)C)NC(=O)CCCCCCCCCCCCCCC. The molecule has 0 fully saturated rings. The number of hydrogen-bond acceptors (Lipinski definition) is 7. The third kappa shape index (κ3) is 47.1. The maximum Gasteiger partial charge on any atom is 0.306 e. The van der Waals surface area contributed by atoms with E-state index in [4.69, 9.17) is 13.8 Å². The molecule has 386 valence electrons. The van der Waals surface area contributed by atoms with Gasteiger partial charge in [-0.05, 0) is 63.9 Å². The van der Waals surface area contributed by atoms with Crippen LogP contribution in [0.1, 0.15) is 245 Å². The fraction of sp³-hybridized carbons (Fsp3) is 0.821. The summed E-state index contributed by atoms with van der Waals surface area (Å²) in [6, 6.07) is -0.893. The van der Waals surface area contributed by atoms with Crippen LogP contribution in [-0.4, -0.2) is 69.4 Å². The average molecular weight is 949 g/mol. The number of likely N-dealkylation sites (N-methyl/N-ethyl adjacent to an activating group) is 1. The van der Waals surface area contributed by atoms with Crippen LogP contribution in [0.2, 0.25) is 0 Å². The van der Waals surface area contributed by atoms with Crippen LogP contribution >= 0.6 is 7.82 Å². The van der Waals surface area contributed by atoms with Gasteiger partial charge in [-0.2, -0.15) is 0 Å². The second-order valence-electron chi connectivity index (χ2n) is 19.7. The van der Waals surface area contributed by atoms with Crippen molar-refractivity contribution in [3.8, 4) is 0 Å². The van der Waals surface area contributed by atoms with E-state index in [1.54, 1.807) is 0 Å². The van der Waals surface area contributed by atoms with E-state index >= 15 is 0 Å². The zero-order chi connectivity index (χ0) is 48.7. The summed E-state index contributed by atoms with van der Waals surface area (Å²) in [5.41, 5.74) is 0. The van der Waals surface area contributed by atoms with Crippen LogP contribution in [0.25, 0.3) is 0 Å². The lowest BCUT2D eigenvalue weighted by atomic mass is 10.0. The average Bonchev–Trinajstić information content (AvgIpc) is 3.27. The van der Waals surface area contributed by atoms with Crippen molar-refractivity contribution in [1.82, 2.24) is 5.32 Å². The van der Waals surface area contributed by atoms with Crippen molar-refractivity contribution in [3.05, 3.63) is 48.6 Å². The Hall–Kier alpha value is -2.03. The Balaban J connectivity index is 5.44. The predicted molar refractivity (Wildman–Crippen MR) is 279 cm³/mol. The van der Waals surface area contributed by atoms with Crippen molar-refractivity contribution in [2.24, 2.45) is 0 Å². The summed E-state index contributed by atoms with van der Waals surface area (Å²) >= 11 is 0. The summed E-state index contributed by atoms with van der Waals surface area (Å²) in [5, 5.41) is 3.01. The van der Waals surface area contributed by atoms with Gasteiger partial charge in [0.25, 0.3) is 7.82 Å². The predicted octanol–water partition coefficient (Wildman–Crippen LogP) is 15.5. The smallest absolute Gasteiger partial charge is 0.306 e. The van der Waals surface area contributed by atoms with E-state index in [9.17, 15) is 19.0 Å². The zero-order valence-corrected chi connectivity index (χ0v) is 44.8. The van der Waals surface area contributed by atoms with Gasteiger partial charge in [-0.1, -0.05) is 217 Å². The third-order valence-corrected chi connectivity index (χ3v) is 13.0. The number of ether oxygens (including phenoxy) is 1. The highest BCUT2D eigenvalue weighted by atomic mass is 31.2. The number of carbonyl (C=O) groups is 2. The lowest BCUT2D eigenvalue weighted by Gasteiger charge is -2.30. The van der Waals surface area contributed by atoms with E-state index in [2.05, 4.69) is 62.5 Å². The van der Waals surface area contributed by atoms with Crippen LogP contribution in [0.5, 0.6) is 0 Å². The number of allylic oxidation sites excluding steroid dienone is 7. The van der Waals surface area contributed by atoms with Gasteiger partial charge in [-0.25, -0.2) is 0 Å². The first-order valence-corrected chi connectivity index (χ1v) is 28.9.